The molecule has 10 heteroatoms. The van der Waals surface area contributed by atoms with Crippen LogP contribution < -0.4 is 10.6 Å². The second kappa shape index (κ2) is 6.79. The number of pyridine rings is 1. The lowest BCUT2D eigenvalue weighted by Crippen LogP contribution is -2.57. The molecule has 4 rings (SSSR count). The van der Waals surface area contributed by atoms with Crippen LogP contribution >= 0.6 is 11.8 Å². The zero-order valence-corrected chi connectivity index (χ0v) is 14.7. The molecule has 134 valence electrons. The Morgan fingerprint density at radius 3 is 3.00 bits per heavy atom. The first-order chi connectivity index (χ1) is 12.6. The highest BCUT2D eigenvalue weighted by atomic mass is 32.2. The third-order valence-corrected chi connectivity index (χ3v) is 4.99. The van der Waals surface area contributed by atoms with Crippen LogP contribution in [0.5, 0.6) is 0 Å². The number of carbonyl (C=O) groups excluding carboxylic acids is 2. The summed E-state index contributed by atoms with van der Waals surface area (Å²) in [6.07, 6.45) is 4.17. The fourth-order valence-electron chi connectivity index (χ4n) is 2.80. The van der Waals surface area contributed by atoms with Gasteiger partial charge in [-0.15, -0.1) is 10.2 Å². The minimum absolute atomic E-state index is 0.273. The molecule has 9 nitrogen and oxygen atoms in total. The SMILES string of the molecule is CC1NC(=O)NC(=O)C1Cc1nnc(SCc2cn3ccccc3n2)o1. The van der Waals surface area contributed by atoms with Crippen LogP contribution in [0.4, 0.5) is 4.79 Å². The Bertz CT molecular complexity index is 935. The number of amides is 3. The quantitative estimate of drug-likeness (QED) is 0.651. The van der Waals surface area contributed by atoms with Crippen molar-refractivity contribution in [2.24, 2.45) is 5.92 Å². The summed E-state index contributed by atoms with van der Waals surface area (Å²) < 4.78 is 7.57. The van der Waals surface area contributed by atoms with Gasteiger partial charge < -0.3 is 14.1 Å². The van der Waals surface area contributed by atoms with E-state index in [1.807, 2.05) is 35.0 Å². The molecule has 2 atom stereocenters. The molecule has 0 radical (unpaired) electrons. The number of carbonyl (C=O) groups is 2. The lowest BCUT2D eigenvalue weighted by molar-refractivity contribution is -0.125. The van der Waals surface area contributed by atoms with Gasteiger partial charge >= 0.3 is 6.03 Å². The summed E-state index contributed by atoms with van der Waals surface area (Å²) >= 11 is 1.39. The lowest BCUT2D eigenvalue weighted by atomic mass is 9.95. The Balaban J connectivity index is 1.38. The van der Waals surface area contributed by atoms with Crippen LogP contribution in [-0.4, -0.2) is 37.6 Å². The van der Waals surface area contributed by atoms with Crippen LogP contribution in [0.1, 0.15) is 18.5 Å². The molecule has 3 aromatic heterocycles. The van der Waals surface area contributed by atoms with E-state index < -0.39 is 11.9 Å². The molecule has 4 heterocycles. The van der Waals surface area contributed by atoms with E-state index in [2.05, 4.69) is 25.8 Å². The summed E-state index contributed by atoms with van der Waals surface area (Å²) in [6, 6.07) is 5.05. The van der Waals surface area contributed by atoms with Gasteiger partial charge in [-0.2, -0.15) is 0 Å². The molecule has 0 aliphatic carbocycles. The minimum atomic E-state index is -0.479. The van der Waals surface area contributed by atoms with Crippen molar-refractivity contribution >= 4 is 29.3 Å². The first-order valence-electron chi connectivity index (χ1n) is 8.07. The second-order valence-corrected chi connectivity index (χ2v) is 6.94. The van der Waals surface area contributed by atoms with E-state index >= 15 is 0 Å². The number of thioether (sulfide) groups is 1. The molecule has 0 saturated carbocycles. The van der Waals surface area contributed by atoms with E-state index in [0.717, 1.165) is 11.3 Å². The summed E-state index contributed by atoms with van der Waals surface area (Å²) in [5.41, 5.74) is 1.79. The van der Waals surface area contributed by atoms with Gasteiger partial charge in [-0.05, 0) is 19.1 Å². The summed E-state index contributed by atoms with van der Waals surface area (Å²) in [5.74, 6) is 0.188. The molecule has 1 aliphatic rings. The number of imide groups is 1. The van der Waals surface area contributed by atoms with Crippen LogP contribution in [0.25, 0.3) is 5.65 Å². The number of nitrogens with zero attached hydrogens (tertiary/aromatic N) is 4. The smallest absolute Gasteiger partial charge is 0.321 e. The molecule has 1 aliphatic heterocycles. The Hall–Kier alpha value is -2.88. The van der Waals surface area contributed by atoms with Gasteiger partial charge in [0.25, 0.3) is 5.22 Å². The zero-order chi connectivity index (χ0) is 18.1. The Labute approximate surface area is 152 Å². The molecule has 1 fully saturated rings. The van der Waals surface area contributed by atoms with Gasteiger partial charge in [0.1, 0.15) is 5.65 Å². The van der Waals surface area contributed by atoms with Crippen LogP contribution in [0, 0.1) is 5.92 Å². The number of rotatable bonds is 5. The van der Waals surface area contributed by atoms with Crippen LogP contribution in [0.15, 0.2) is 40.2 Å². The van der Waals surface area contributed by atoms with Crippen molar-refractivity contribution in [3.63, 3.8) is 0 Å². The van der Waals surface area contributed by atoms with E-state index in [4.69, 9.17) is 4.42 Å². The molecule has 2 N–H and O–H groups in total. The fraction of sp³-hybridized carbons (Fsp3) is 0.312. The van der Waals surface area contributed by atoms with Gasteiger partial charge in [0.05, 0.1) is 11.6 Å². The van der Waals surface area contributed by atoms with E-state index in [1.54, 1.807) is 6.92 Å². The second-order valence-electron chi connectivity index (χ2n) is 6.01. The topological polar surface area (TPSA) is 114 Å². The molecule has 0 bridgehead atoms. The maximum Gasteiger partial charge on any atom is 0.321 e. The van der Waals surface area contributed by atoms with Crippen molar-refractivity contribution in [1.29, 1.82) is 0 Å². The molecule has 3 amide bonds. The van der Waals surface area contributed by atoms with Gasteiger partial charge in [-0.3, -0.25) is 10.1 Å². The predicted octanol–water partition coefficient (Wildman–Crippen LogP) is 1.40. The lowest BCUT2D eigenvalue weighted by Gasteiger charge is -2.27. The highest BCUT2D eigenvalue weighted by Gasteiger charge is 2.34. The highest BCUT2D eigenvalue weighted by molar-refractivity contribution is 7.98. The molecular formula is C16H16N6O3S. The van der Waals surface area contributed by atoms with Gasteiger partial charge in [0.2, 0.25) is 11.8 Å². The van der Waals surface area contributed by atoms with Crippen molar-refractivity contribution in [1.82, 2.24) is 30.2 Å². The minimum Gasteiger partial charge on any atom is -0.416 e. The number of hydrogen-bond acceptors (Lipinski definition) is 7. The van der Waals surface area contributed by atoms with Gasteiger partial charge in [-0.1, -0.05) is 17.8 Å². The molecule has 3 aromatic rings. The van der Waals surface area contributed by atoms with E-state index in [0.29, 0.717) is 16.9 Å². The standard InChI is InChI=1S/C16H16N6O3S/c1-9-11(14(23)19-15(24)17-9)6-13-20-21-16(25-13)26-8-10-7-22-5-3-2-4-12(22)18-10/h2-5,7,9,11H,6,8H2,1H3,(H2,17,19,23,24). The fourth-order valence-corrected chi connectivity index (χ4v) is 3.47. The Morgan fingerprint density at radius 2 is 2.19 bits per heavy atom. The highest BCUT2D eigenvalue weighted by Crippen LogP contribution is 2.23. The molecule has 26 heavy (non-hydrogen) atoms. The maximum atomic E-state index is 11.9. The third kappa shape index (κ3) is 3.40. The van der Waals surface area contributed by atoms with Gasteiger partial charge in [0, 0.05) is 30.6 Å². The summed E-state index contributed by atoms with van der Waals surface area (Å²) in [4.78, 5) is 27.7. The van der Waals surface area contributed by atoms with Crippen LogP contribution in [-0.2, 0) is 17.0 Å². The molecule has 0 aromatic carbocycles. The summed E-state index contributed by atoms with van der Waals surface area (Å²) in [5, 5.41) is 13.3. The Morgan fingerprint density at radius 1 is 1.31 bits per heavy atom. The van der Waals surface area contributed by atoms with Crippen LogP contribution in [0.2, 0.25) is 0 Å². The summed E-state index contributed by atoms with van der Waals surface area (Å²) in [7, 11) is 0. The molecule has 1 saturated heterocycles. The van der Waals surface area contributed by atoms with Crippen molar-refractivity contribution in [3.8, 4) is 0 Å². The largest absolute Gasteiger partial charge is 0.416 e. The van der Waals surface area contributed by atoms with Crippen molar-refractivity contribution in [3.05, 3.63) is 42.2 Å². The number of hydrogen-bond donors (Lipinski definition) is 2. The average Bonchev–Trinajstić information content (AvgIpc) is 3.22. The number of imidazole rings is 1. The molecular weight excluding hydrogens is 356 g/mol. The Kier molecular flexibility index (Phi) is 4.33. The van der Waals surface area contributed by atoms with Crippen LogP contribution in [0.3, 0.4) is 0 Å². The first kappa shape index (κ1) is 16.6. The summed E-state index contributed by atoms with van der Waals surface area (Å²) in [6.45, 7) is 1.77. The number of aromatic nitrogens is 4. The maximum absolute atomic E-state index is 11.9. The average molecular weight is 372 g/mol. The monoisotopic (exact) mass is 372 g/mol. The van der Waals surface area contributed by atoms with Gasteiger partial charge in [0.15, 0.2) is 0 Å². The third-order valence-electron chi connectivity index (χ3n) is 4.14. The number of nitrogens with one attached hydrogen (secondary N) is 2. The number of fused-ring (bicyclic) bond motifs is 1. The van der Waals surface area contributed by atoms with E-state index in [1.165, 1.54) is 11.8 Å². The first-order valence-corrected chi connectivity index (χ1v) is 9.06. The van der Waals surface area contributed by atoms with Crippen molar-refractivity contribution < 1.29 is 14.0 Å². The predicted molar refractivity (Wildman–Crippen MR) is 92.4 cm³/mol. The van der Waals surface area contributed by atoms with E-state index in [-0.39, 0.29) is 18.4 Å². The van der Waals surface area contributed by atoms with Crippen molar-refractivity contribution in [2.75, 3.05) is 0 Å². The molecule has 0 spiro atoms. The number of urea groups is 1. The molecule has 2 unspecified atom stereocenters. The van der Waals surface area contributed by atoms with Crippen molar-refractivity contribution in [2.45, 2.75) is 30.4 Å². The normalized spacial score (nSPS) is 20.2. The van der Waals surface area contributed by atoms with Gasteiger partial charge in [-0.25, -0.2) is 9.78 Å². The van der Waals surface area contributed by atoms with E-state index in [9.17, 15) is 9.59 Å². The zero-order valence-electron chi connectivity index (χ0n) is 13.9.